The van der Waals surface area contributed by atoms with E-state index in [0.29, 0.717) is 0 Å². The molecule has 160 valence electrons. The molecule has 1 N–H and O–H groups in total. The summed E-state index contributed by atoms with van der Waals surface area (Å²) in [5.74, 6) is 0.735. The fraction of sp³-hybridized carbons (Fsp3) is 0.346. The first-order valence-electron chi connectivity index (χ1n) is 11.3. The molecule has 0 saturated carbocycles. The minimum Gasteiger partial charge on any atom is -0.238 e. The van der Waals surface area contributed by atoms with Crippen molar-refractivity contribution in [2.24, 2.45) is 0 Å². The Morgan fingerprint density at radius 1 is 0.839 bits per heavy atom. The van der Waals surface area contributed by atoms with Gasteiger partial charge in [-0.05, 0) is 70.9 Å². The first kappa shape index (κ1) is 21.4. The molecule has 0 spiro atoms. The van der Waals surface area contributed by atoms with E-state index in [1.165, 1.54) is 63.9 Å². The number of unbranched alkanes of at least 4 members (excludes halogenated alkanes) is 2. The van der Waals surface area contributed by atoms with Crippen LogP contribution in [0.15, 0.2) is 48.5 Å². The maximum absolute atomic E-state index is 4.20. The highest BCUT2D eigenvalue weighted by Crippen LogP contribution is 2.46. The Balaban J connectivity index is 1.84. The third-order valence-corrected chi connectivity index (χ3v) is 7.10. The molecule has 4 rings (SSSR count). The normalized spacial score (nSPS) is 11.2. The molecular formula is C26H30N4S. The Hall–Kier alpha value is -2.79. The van der Waals surface area contributed by atoms with Gasteiger partial charge in [0.2, 0.25) is 0 Å². The van der Waals surface area contributed by atoms with Gasteiger partial charge in [0, 0.05) is 10.4 Å². The van der Waals surface area contributed by atoms with Gasteiger partial charge in [-0.1, -0.05) is 75.2 Å². The van der Waals surface area contributed by atoms with Crippen molar-refractivity contribution >= 4 is 11.3 Å². The summed E-state index contributed by atoms with van der Waals surface area (Å²) < 4.78 is 0. The van der Waals surface area contributed by atoms with E-state index < -0.39 is 0 Å². The number of nitrogens with one attached hydrogen (secondary N) is 1. The lowest BCUT2D eigenvalue weighted by atomic mass is 9.94. The number of H-pyrrole nitrogens is 1. The molecule has 0 unspecified atom stereocenters. The van der Waals surface area contributed by atoms with E-state index in [2.05, 4.69) is 89.9 Å². The van der Waals surface area contributed by atoms with Crippen LogP contribution in [-0.2, 0) is 12.8 Å². The average Bonchev–Trinajstić information content (AvgIpc) is 3.44. The summed E-state index contributed by atoms with van der Waals surface area (Å²) in [7, 11) is 0. The van der Waals surface area contributed by atoms with Crippen molar-refractivity contribution in [3.63, 3.8) is 0 Å². The average molecular weight is 431 g/mol. The van der Waals surface area contributed by atoms with Gasteiger partial charge in [-0.2, -0.15) is 0 Å². The Kier molecular flexibility index (Phi) is 6.92. The van der Waals surface area contributed by atoms with Crippen LogP contribution in [0.5, 0.6) is 0 Å². The molecule has 31 heavy (non-hydrogen) atoms. The van der Waals surface area contributed by atoms with Crippen LogP contribution < -0.4 is 0 Å². The zero-order valence-electron chi connectivity index (χ0n) is 18.6. The van der Waals surface area contributed by atoms with Crippen LogP contribution >= 0.6 is 11.3 Å². The van der Waals surface area contributed by atoms with Crippen molar-refractivity contribution in [1.82, 2.24) is 20.6 Å². The molecule has 0 saturated heterocycles. The third kappa shape index (κ3) is 4.77. The molecular weight excluding hydrogens is 400 g/mol. The second-order valence-electron chi connectivity index (χ2n) is 8.12. The molecule has 2 heterocycles. The van der Waals surface area contributed by atoms with Crippen molar-refractivity contribution in [2.75, 3.05) is 0 Å². The van der Waals surface area contributed by atoms with Crippen LogP contribution in [0.3, 0.4) is 0 Å². The molecule has 0 fully saturated rings. The number of rotatable bonds is 9. The topological polar surface area (TPSA) is 54.5 Å². The molecule has 0 radical (unpaired) electrons. The van der Waals surface area contributed by atoms with Crippen LogP contribution in [0.1, 0.15) is 56.2 Å². The van der Waals surface area contributed by atoms with E-state index in [1.54, 1.807) is 11.3 Å². The van der Waals surface area contributed by atoms with E-state index in [4.69, 9.17) is 0 Å². The van der Waals surface area contributed by atoms with Gasteiger partial charge in [0.05, 0.1) is 4.88 Å². The molecule has 0 bridgehead atoms. The van der Waals surface area contributed by atoms with Crippen molar-refractivity contribution in [3.05, 3.63) is 65.2 Å². The standard InChI is InChI=1S/C26H30N4S/c1-4-6-10-19-12-8-14-21(16-19)23-18(3)24(26-27-29-30-28-26)31-25(23)22-15-9-13-20(17-22)11-7-5-2/h8-9,12-17H,4-7,10-11H2,1-3H3,(H,27,28,29,30). The van der Waals surface area contributed by atoms with E-state index >= 15 is 0 Å². The molecule has 2 aromatic heterocycles. The van der Waals surface area contributed by atoms with Gasteiger partial charge in [0.15, 0.2) is 5.82 Å². The lowest BCUT2D eigenvalue weighted by Crippen LogP contribution is -1.89. The maximum atomic E-state index is 4.20. The molecule has 0 aliphatic heterocycles. The zero-order valence-corrected chi connectivity index (χ0v) is 19.4. The van der Waals surface area contributed by atoms with Crippen LogP contribution in [0, 0.1) is 6.92 Å². The van der Waals surface area contributed by atoms with Gasteiger partial charge in [-0.15, -0.1) is 16.4 Å². The Labute approximate surface area is 188 Å². The Morgan fingerprint density at radius 2 is 1.48 bits per heavy atom. The lowest BCUT2D eigenvalue weighted by Gasteiger charge is -2.10. The number of hydrogen-bond acceptors (Lipinski definition) is 4. The van der Waals surface area contributed by atoms with Gasteiger partial charge in [-0.3, -0.25) is 0 Å². The monoisotopic (exact) mass is 430 g/mol. The van der Waals surface area contributed by atoms with Gasteiger partial charge in [0.25, 0.3) is 0 Å². The number of aromatic amines is 1. The number of aryl methyl sites for hydroxylation is 2. The van der Waals surface area contributed by atoms with E-state index in [0.717, 1.165) is 23.5 Å². The Bertz CT molecular complexity index is 1130. The number of benzene rings is 2. The second-order valence-corrected chi connectivity index (χ2v) is 9.14. The van der Waals surface area contributed by atoms with Crippen LogP contribution in [0.4, 0.5) is 0 Å². The fourth-order valence-electron chi connectivity index (χ4n) is 4.06. The number of nitrogens with zero attached hydrogens (tertiary/aromatic N) is 3. The van der Waals surface area contributed by atoms with E-state index in [-0.39, 0.29) is 0 Å². The third-order valence-electron chi connectivity index (χ3n) is 5.75. The number of aromatic nitrogens is 4. The van der Waals surface area contributed by atoms with Crippen molar-refractivity contribution < 1.29 is 0 Å². The van der Waals surface area contributed by atoms with Gasteiger partial charge in [0.1, 0.15) is 0 Å². The molecule has 0 amide bonds. The predicted molar refractivity (Wildman–Crippen MR) is 130 cm³/mol. The smallest absolute Gasteiger partial charge is 0.189 e. The quantitative estimate of drug-likeness (QED) is 0.304. The SMILES string of the molecule is CCCCc1cccc(-c2sc(-c3nnn[nH]3)c(C)c2-c2cccc(CCCC)c2)c1. The van der Waals surface area contributed by atoms with Crippen molar-refractivity contribution in [2.45, 2.75) is 59.3 Å². The number of thiophene rings is 1. The second kappa shape index (κ2) is 10.0. The van der Waals surface area contributed by atoms with Crippen LogP contribution in [0.25, 0.3) is 32.3 Å². The first-order chi connectivity index (χ1) is 15.2. The summed E-state index contributed by atoms with van der Waals surface area (Å²) >= 11 is 1.77. The summed E-state index contributed by atoms with van der Waals surface area (Å²) in [6.45, 7) is 6.68. The molecule has 5 heteroatoms. The number of tetrazole rings is 1. The van der Waals surface area contributed by atoms with Gasteiger partial charge < -0.3 is 0 Å². The molecule has 0 atom stereocenters. The zero-order chi connectivity index (χ0) is 21.6. The minimum atomic E-state index is 0.735. The lowest BCUT2D eigenvalue weighted by molar-refractivity contribution is 0.795. The Morgan fingerprint density at radius 3 is 2.10 bits per heavy atom. The molecule has 4 aromatic rings. The molecule has 2 aromatic carbocycles. The maximum Gasteiger partial charge on any atom is 0.189 e. The van der Waals surface area contributed by atoms with Gasteiger partial charge in [-0.25, -0.2) is 5.10 Å². The summed E-state index contributed by atoms with van der Waals surface area (Å²) in [6.07, 6.45) is 7.09. The summed E-state index contributed by atoms with van der Waals surface area (Å²) in [5.41, 5.74) is 7.86. The summed E-state index contributed by atoms with van der Waals surface area (Å²) in [5, 5.41) is 14.8. The highest BCUT2D eigenvalue weighted by atomic mass is 32.1. The number of hydrogen-bond donors (Lipinski definition) is 1. The van der Waals surface area contributed by atoms with Gasteiger partial charge >= 0.3 is 0 Å². The molecule has 4 nitrogen and oxygen atoms in total. The molecule has 0 aliphatic carbocycles. The highest BCUT2D eigenvalue weighted by molar-refractivity contribution is 7.19. The largest absolute Gasteiger partial charge is 0.238 e. The van der Waals surface area contributed by atoms with E-state index in [9.17, 15) is 0 Å². The highest BCUT2D eigenvalue weighted by Gasteiger charge is 2.21. The first-order valence-corrected chi connectivity index (χ1v) is 12.1. The van der Waals surface area contributed by atoms with Crippen LogP contribution in [0.2, 0.25) is 0 Å². The minimum absolute atomic E-state index is 0.735. The predicted octanol–water partition coefficient (Wildman–Crippen LogP) is 7.26. The summed E-state index contributed by atoms with van der Waals surface area (Å²) in [4.78, 5) is 2.39. The van der Waals surface area contributed by atoms with E-state index in [1.807, 2.05) is 0 Å². The van der Waals surface area contributed by atoms with Crippen molar-refractivity contribution in [3.8, 4) is 32.3 Å². The molecule has 0 aliphatic rings. The summed E-state index contributed by atoms with van der Waals surface area (Å²) in [6, 6.07) is 18.0. The van der Waals surface area contributed by atoms with Crippen molar-refractivity contribution in [1.29, 1.82) is 0 Å². The fourth-order valence-corrected chi connectivity index (χ4v) is 5.32. The van der Waals surface area contributed by atoms with Crippen LogP contribution in [-0.4, -0.2) is 20.6 Å².